The molecule has 1 aromatic heterocycles. The van der Waals surface area contributed by atoms with Gasteiger partial charge in [-0.25, -0.2) is 0 Å². The van der Waals surface area contributed by atoms with Crippen LogP contribution in [0.15, 0.2) is 47.8 Å². The van der Waals surface area contributed by atoms with E-state index in [9.17, 15) is 20.1 Å². The lowest BCUT2D eigenvalue weighted by Gasteiger charge is -2.47. The number of methoxy groups -OCH3 is 2. The van der Waals surface area contributed by atoms with Gasteiger partial charge in [0.15, 0.2) is 35.6 Å². The van der Waals surface area contributed by atoms with Crippen LogP contribution in [-0.4, -0.2) is 93.0 Å². The van der Waals surface area contributed by atoms with Crippen LogP contribution in [0.5, 0.6) is 28.7 Å². The number of fused-ring (bicyclic) bond motifs is 3. The fourth-order valence-corrected chi connectivity index (χ4v) is 6.42. The number of aromatic hydroxyl groups is 1. The topological polar surface area (TPSA) is 161 Å². The van der Waals surface area contributed by atoms with Crippen molar-refractivity contribution in [1.82, 2.24) is 0 Å². The van der Waals surface area contributed by atoms with Gasteiger partial charge in [-0.2, -0.15) is 0 Å². The molecule has 0 bridgehead atoms. The minimum Gasteiger partial charge on any atom is -0.502 e. The average molecular weight is 691 g/mol. The molecule has 13 nitrogen and oxygen atoms in total. The van der Waals surface area contributed by atoms with Gasteiger partial charge in [-0.05, 0) is 73.5 Å². The number of aliphatic hydroxyl groups is 2. The molecule has 4 heterocycles. The van der Waals surface area contributed by atoms with E-state index in [0.29, 0.717) is 35.9 Å². The normalized spacial score (nSPS) is 28.3. The highest BCUT2D eigenvalue weighted by molar-refractivity contribution is 7.09. The Labute approximate surface area is 282 Å². The number of aliphatic hydroxyl groups excluding tert-OH is 2. The summed E-state index contributed by atoms with van der Waals surface area (Å²) in [5.74, 6) is 2.00. The summed E-state index contributed by atoms with van der Waals surface area (Å²) in [5.41, 5.74) is 1.88. The number of benzene rings is 2. The summed E-state index contributed by atoms with van der Waals surface area (Å²) in [6.07, 6.45) is -4.51. The molecule has 262 valence electrons. The first kappa shape index (κ1) is 35.7. The van der Waals surface area contributed by atoms with Crippen molar-refractivity contribution in [3.8, 4) is 28.7 Å². The molecule has 0 saturated carbocycles. The molecule has 8 unspecified atom stereocenters. The van der Waals surface area contributed by atoms with Crippen molar-refractivity contribution in [2.24, 2.45) is 5.92 Å². The van der Waals surface area contributed by atoms with Gasteiger partial charge < -0.3 is 58.0 Å². The van der Waals surface area contributed by atoms with E-state index >= 15 is 0 Å². The maximum Gasteiger partial charge on any atom is 0.293 e. The molecule has 3 aromatic rings. The van der Waals surface area contributed by atoms with E-state index in [0.717, 1.165) is 17.5 Å². The van der Waals surface area contributed by atoms with Gasteiger partial charge in [0.25, 0.3) is 6.47 Å². The number of hydrogen-bond donors (Lipinski definition) is 3. The maximum atomic E-state index is 10.8. The smallest absolute Gasteiger partial charge is 0.293 e. The molecular weight excluding hydrogens is 648 g/mol. The predicted octanol–water partition coefficient (Wildman–Crippen LogP) is 3.88. The van der Waals surface area contributed by atoms with Crippen LogP contribution in [0.4, 0.5) is 0 Å². The highest BCUT2D eigenvalue weighted by atomic mass is 32.1. The first-order chi connectivity index (χ1) is 23.2. The fraction of sp³-hybridized carbons (Fsp3) is 0.500. The number of rotatable bonds is 7. The first-order valence-corrected chi connectivity index (χ1v) is 16.4. The third-order valence-electron chi connectivity index (χ3n) is 8.36. The molecule has 48 heavy (non-hydrogen) atoms. The third kappa shape index (κ3) is 8.32. The van der Waals surface area contributed by atoms with Gasteiger partial charge >= 0.3 is 0 Å². The van der Waals surface area contributed by atoms with Gasteiger partial charge in [0, 0.05) is 10.8 Å². The fourth-order valence-electron chi connectivity index (χ4n) is 5.89. The maximum absolute atomic E-state index is 10.8. The second-order valence-corrected chi connectivity index (χ2v) is 12.6. The molecule has 0 spiro atoms. The van der Waals surface area contributed by atoms with Crippen molar-refractivity contribution in [2.75, 3.05) is 34.2 Å². The summed E-state index contributed by atoms with van der Waals surface area (Å²) in [4.78, 5) is 12.2. The second kappa shape index (κ2) is 16.7. The van der Waals surface area contributed by atoms with Crippen LogP contribution in [-0.2, 0) is 34.9 Å². The second-order valence-electron chi connectivity index (χ2n) is 11.4. The zero-order valence-electron chi connectivity index (χ0n) is 27.2. The molecule has 7 rings (SSSR count). The van der Waals surface area contributed by atoms with E-state index in [1.807, 2.05) is 12.1 Å². The molecule has 0 radical (unpaired) electrons. The van der Waals surface area contributed by atoms with Gasteiger partial charge in [0.1, 0.15) is 24.4 Å². The Bertz CT molecular complexity index is 1440. The number of phenolic OH excluding ortho intramolecular Hbond substituents is 1. The first-order valence-electron chi connectivity index (χ1n) is 15.6. The lowest BCUT2D eigenvalue weighted by atomic mass is 9.81. The number of carbonyl (C=O) groups is 1. The van der Waals surface area contributed by atoms with Gasteiger partial charge in [0.2, 0.25) is 12.5 Å². The molecule has 3 N–H and O–H groups in total. The van der Waals surface area contributed by atoms with Crippen LogP contribution in [0.3, 0.4) is 0 Å². The van der Waals surface area contributed by atoms with Crippen molar-refractivity contribution in [3.63, 3.8) is 0 Å². The molecule has 8 atom stereocenters. The molecule has 1 aliphatic carbocycles. The van der Waals surface area contributed by atoms with Crippen molar-refractivity contribution < 1.29 is 62.7 Å². The van der Waals surface area contributed by atoms with Gasteiger partial charge in [-0.1, -0.05) is 12.1 Å². The zero-order valence-corrected chi connectivity index (χ0v) is 28.0. The number of phenols is 1. The van der Waals surface area contributed by atoms with Crippen LogP contribution < -0.4 is 18.9 Å². The average Bonchev–Trinajstić information content (AvgIpc) is 3.78. The Kier molecular flexibility index (Phi) is 12.4. The largest absolute Gasteiger partial charge is 0.502 e. The van der Waals surface area contributed by atoms with E-state index in [4.69, 9.17) is 42.6 Å². The minimum absolute atomic E-state index is 0.0394. The van der Waals surface area contributed by atoms with Crippen LogP contribution in [0.2, 0.25) is 0 Å². The number of aryl methyl sites for hydroxylation is 2. The third-order valence-corrected chi connectivity index (χ3v) is 9.16. The molecule has 0 amide bonds. The number of para-hydroxylation sites is 1. The zero-order chi connectivity index (χ0) is 34.2. The summed E-state index contributed by atoms with van der Waals surface area (Å²) in [6, 6.07) is 13.0. The number of thiophene rings is 1. The lowest BCUT2D eigenvalue weighted by molar-refractivity contribution is -0.364. The molecule has 2 aromatic carbocycles. The summed E-state index contributed by atoms with van der Waals surface area (Å²) in [5, 5.41) is 32.7. The van der Waals surface area contributed by atoms with Crippen molar-refractivity contribution in [2.45, 2.75) is 69.8 Å². The quantitative estimate of drug-likeness (QED) is 0.307. The number of hydrogen-bond acceptors (Lipinski definition) is 14. The summed E-state index contributed by atoms with van der Waals surface area (Å²) in [6.45, 7) is 4.75. The van der Waals surface area contributed by atoms with E-state index in [1.165, 1.54) is 19.1 Å². The Balaban J connectivity index is 0.000000217. The van der Waals surface area contributed by atoms with Crippen LogP contribution in [0.25, 0.3) is 0 Å². The van der Waals surface area contributed by atoms with E-state index in [2.05, 4.69) is 24.4 Å². The van der Waals surface area contributed by atoms with Gasteiger partial charge in [-0.3, -0.25) is 4.79 Å². The Morgan fingerprint density at radius 3 is 2.35 bits per heavy atom. The van der Waals surface area contributed by atoms with Crippen LogP contribution >= 0.6 is 11.3 Å². The molecule has 4 aliphatic rings. The molecule has 3 aliphatic heterocycles. The standard InChI is InChI=1S/C21H26O10.C8H10O3.C5H6S/c1-10-26-7-16-20(29-10)17(23)18(24)21(30-16)31-19-12(6-25-8-22)3-2-11-4-14-15(5-13(11)19)28-9-27-14;1-10-6-4-3-5-7(11-2)8(6)9;1-5-3-2-4-6-5/h4-5,8,10,12,16-21,23-24H,2-3,6-7,9H2,1H3;3-5,9H,1-2H3;2-4H,1H3. The predicted molar refractivity (Wildman–Crippen MR) is 171 cm³/mol. The SMILES string of the molecule is CC1OCC2OC(OC3c4cc5c(cc4CCC3COC=O)OCO5)C(O)C(O)C2O1.COc1cccc(OC)c1O.Cc1cccs1. The number of ether oxygens (including phenoxy) is 9. The van der Waals surface area contributed by atoms with Gasteiger partial charge in [0.05, 0.1) is 33.5 Å². The van der Waals surface area contributed by atoms with Crippen molar-refractivity contribution in [3.05, 3.63) is 63.8 Å². The van der Waals surface area contributed by atoms with E-state index in [1.54, 1.807) is 36.5 Å². The number of carbonyl (C=O) groups excluding carboxylic acids is 1. The lowest BCUT2D eigenvalue weighted by Crippen LogP contribution is -2.63. The Morgan fingerprint density at radius 2 is 1.73 bits per heavy atom. The molecule has 2 fully saturated rings. The van der Waals surface area contributed by atoms with E-state index in [-0.39, 0.29) is 31.7 Å². The highest BCUT2D eigenvalue weighted by Crippen LogP contribution is 2.45. The Hall–Kier alpha value is -3.63. The molecule has 14 heteroatoms. The molecular formula is C34H42O13S. The van der Waals surface area contributed by atoms with Crippen LogP contribution in [0.1, 0.15) is 35.5 Å². The van der Waals surface area contributed by atoms with Crippen LogP contribution in [0, 0.1) is 12.8 Å². The highest BCUT2D eigenvalue weighted by Gasteiger charge is 2.50. The summed E-state index contributed by atoms with van der Waals surface area (Å²) < 4.78 is 49.0. The van der Waals surface area contributed by atoms with Crippen molar-refractivity contribution >= 4 is 17.8 Å². The van der Waals surface area contributed by atoms with Crippen molar-refractivity contribution in [1.29, 1.82) is 0 Å². The monoisotopic (exact) mass is 690 g/mol. The molecule has 2 saturated heterocycles. The minimum atomic E-state index is -1.32. The van der Waals surface area contributed by atoms with Gasteiger partial charge in [-0.15, -0.1) is 11.3 Å². The van der Waals surface area contributed by atoms with E-state index < -0.39 is 43.1 Å². The Morgan fingerprint density at radius 1 is 1.00 bits per heavy atom. The summed E-state index contributed by atoms with van der Waals surface area (Å²) in [7, 11) is 2.99. The summed E-state index contributed by atoms with van der Waals surface area (Å²) >= 11 is 1.78.